The number of imidazole rings is 1. The van der Waals surface area contributed by atoms with Crippen molar-refractivity contribution in [1.82, 2.24) is 19.5 Å². The number of aromatic nitrogens is 4. The number of unbranched alkanes of at least 4 members (excludes halogenated alkanes) is 2. The van der Waals surface area contributed by atoms with Crippen molar-refractivity contribution in [2.45, 2.75) is 52.0 Å². The van der Waals surface area contributed by atoms with Gasteiger partial charge < -0.3 is 9.30 Å². The molecule has 0 N–H and O–H groups in total. The van der Waals surface area contributed by atoms with Crippen molar-refractivity contribution in [1.29, 1.82) is 0 Å². The fraction of sp³-hybridized carbons (Fsp3) is 0.688. The molecule has 2 aromatic heterocycles. The molecule has 3 heterocycles. The molecule has 0 radical (unpaired) electrons. The molecule has 1 aliphatic rings. The van der Waals surface area contributed by atoms with Gasteiger partial charge in [0.05, 0.1) is 12.5 Å². The van der Waals surface area contributed by atoms with Crippen molar-refractivity contribution in [3.8, 4) is 0 Å². The Balaban J connectivity index is 1.73. The van der Waals surface area contributed by atoms with Gasteiger partial charge >= 0.3 is 0 Å². The van der Waals surface area contributed by atoms with Gasteiger partial charge in [-0.25, -0.2) is 15.0 Å². The van der Waals surface area contributed by atoms with Gasteiger partial charge in [0.15, 0.2) is 5.65 Å². The molecular weight excluding hydrogens is 264 g/mol. The van der Waals surface area contributed by atoms with Crippen LogP contribution in [0.5, 0.6) is 0 Å². The zero-order valence-corrected chi connectivity index (χ0v) is 12.8. The van der Waals surface area contributed by atoms with Gasteiger partial charge in [0, 0.05) is 26.2 Å². The van der Waals surface area contributed by atoms with E-state index < -0.39 is 0 Å². The van der Waals surface area contributed by atoms with Crippen LogP contribution in [0.4, 0.5) is 0 Å². The first kappa shape index (κ1) is 14.4. The Kier molecular flexibility index (Phi) is 4.80. The first-order valence-corrected chi connectivity index (χ1v) is 8.11. The highest BCUT2D eigenvalue weighted by atomic mass is 16.5. The summed E-state index contributed by atoms with van der Waals surface area (Å²) in [5.41, 5.74) is 1.89. The molecule has 0 aliphatic carbocycles. The first-order chi connectivity index (χ1) is 10.4. The lowest BCUT2D eigenvalue weighted by atomic mass is 10.0. The van der Waals surface area contributed by atoms with E-state index in [1.807, 2.05) is 12.5 Å². The van der Waals surface area contributed by atoms with Crippen LogP contribution in [-0.2, 0) is 17.7 Å². The van der Waals surface area contributed by atoms with E-state index in [9.17, 15) is 0 Å². The van der Waals surface area contributed by atoms with E-state index in [0.717, 1.165) is 62.4 Å². The van der Waals surface area contributed by atoms with Crippen LogP contribution in [-0.4, -0.2) is 32.7 Å². The minimum atomic E-state index is 0.676. The Morgan fingerprint density at radius 3 is 2.90 bits per heavy atom. The molecule has 1 aliphatic heterocycles. The molecule has 5 heteroatoms. The minimum absolute atomic E-state index is 0.676. The maximum absolute atomic E-state index is 5.43. The summed E-state index contributed by atoms with van der Waals surface area (Å²) in [6.45, 7) is 4.97. The van der Waals surface area contributed by atoms with Crippen LogP contribution < -0.4 is 0 Å². The highest BCUT2D eigenvalue weighted by Gasteiger charge is 2.16. The fourth-order valence-electron chi connectivity index (χ4n) is 2.89. The summed E-state index contributed by atoms with van der Waals surface area (Å²) in [4.78, 5) is 13.6. The predicted octanol–water partition coefficient (Wildman–Crippen LogP) is 2.99. The van der Waals surface area contributed by atoms with Crippen molar-refractivity contribution in [2.75, 3.05) is 13.2 Å². The zero-order valence-electron chi connectivity index (χ0n) is 12.8. The number of hydrogen-bond acceptors (Lipinski definition) is 4. The lowest BCUT2D eigenvalue weighted by Gasteiger charge is -2.22. The normalized spacial score (nSPS) is 16.6. The molecule has 0 spiro atoms. The zero-order chi connectivity index (χ0) is 14.5. The number of fused-ring (bicyclic) bond motifs is 1. The van der Waals surface area contributed by atoms with Crippen molar-refractivity contribution < 1.29 is 4.74 Å². The Labute approximate surface area is 125 Å². The third kappa shape index (κ3) is 3.59. The Bertz CT molecular complexity index is 575. The maximum Gasteiger partial charge on any atom is 0.163 e. The molecule has 2 aromatic rings. The summed E-state index contributed by atoms with van der Waals surface area (Å²) in [7, 11) is 0. The molecule has 1 saturated heterocycles. The molecule has 0 aromatic carbocycles. The van der Waals surface area contributed by atoms with Crippen molar-refractivity contribution in [2.24, 2.45) is 5.92 Å². The molecule has 0 atom stereocenters. The molecule has 0 amide bonds. The summed E-state index contributed by atoms with van der Waals surface area (Å²) in [5, 5.41) is 0. The van der Waals surface area contributed by atoms with E-state index >= 15 is 0 Å². The largest absolute Gasteiger partial charge is 0.381 e. The van der Waals surface area contributed by atoms with Gasteiger partial charge in [-0.15, -0.1) is 0 Å². The minimum Gasteiger partial charge on any atom is -0.381 e. The fourth-order valence-corrected chi connectivity index (χ4v) is 2.89. The Hall–Kier alpha value is -1.49. The van der Waals surface area contributed by atoms with Crippen LogP contribution in [0.3, 0.4) is 0 Å². The van der Waals surface area contributed by atoms with Crippen LogP contribution >= 0.6 is 0 Å². The third-order valence-corrected chi connectivity index (χ3v) is 4.21. The molecule has 0 unspecified atom stereocenters. The van der Waals surface area contributed by atoms with E-state index in [4.69, 9.17) is 9.72 Å². The molecule has 1 fully saturated rings. The average Bonchev–Trinajstić information content (AvgIpc) is 2.91. The number of hydrogen-bond donors (Lipinski definition) is 0. The molecule has 5 nitrogen and oxygen atoms in total. The summed E-state index contributed by atoms with van der Waals surface area (Å²) in [6.07, 6.45) is 10.6. The van der Waals surface area contributed by atoms with Gasteiger partial charge in [0.25, 0.3) is 0 Å². The highest BCUT2D eigenvalue weighted by molar-refractivity contribution is 5.69. The van der Waals surface area contributed by atoms with Gasteiger partial charge in [-0.2, -0.15) is 0 Å². The molecular formula is C16H24N4O. The number of nitrogens with zero attached hydrogens (tertiary/aromatic N) is 4. The number of ether oxygens (including phenoxy) is 1. The summed E-state index contributed by atoms with van der Waals surface area (Å²) >= 11 is 0. The van der Waals surface area contributed by atoms with Gasteiger partial charge in [-0.1, -0.05) is 19.8 Å². The van der Waals surface area contributed by atoms with E-state index in [-0.39, 0.29) is 0 Å². The number of aryl methyl sites for hydroxylation is 1. The van der Waals surface area contributed by atoms with Crippen molar-refractivity contribution in [3.05, 3.63) is 18.3 Å². The molecule has 0 bridgehead atoms. The summed E-state index contributed by atoms with van der Waals surface area (Å²) in [6, 6.07) is 0. The van der Waals surface area contributed by atoms with Crippen LogP contribution in [0.2, 0.25) is 0 Å². The highest BCUT2D eigenvalue weighted by Crippen LogP contribution is 2.19. The van der Waals surface area contributed by atoms with E-state index in [1.165, 1.54) is 12.8 Å². The van der Waals surface area contributed by atoms with Gasteiger partial charge in [0.2, 0.25) is 0 Å². The second-order valence-corrected chi connectivity index (χ2v) is 5.90. The smallest absolute Gasteiger partial charge is 0.163 e. The maximum atomic E-state index is 5.43. The van der Waals surface area contributed by atoms with Crippen LogP contribution in [0.1, 0.15) is 44.9 Å². The standard InChI is InChI=1S/C16H24N4O/c1-2-3-4-5-15-17-10-14-16(19-15)20(12-18-14)11-13-6-8-21-9-7-13/h10,12-13H,2-9,11H2,1H3. The van der Waals surface area contributed by atoms with Gasteiger partial charge in [-0.3, -0.25) is 0 Å². The van der Waals surface area contributed by atoms with Gasteiger partial charge in [0.1, 0.15) is 11.3 Å². The van der Waals surface area contributed by atoms with Crippen LogP contribution in [0.25, 0.3) is 11.2 Å². The average molecular weight is 288 g/mol. The van der Waals surface area contributed by atoms with E-state index in [2.05, 4.69) is 21.5 Å². The lowest BCUT2D eigenvalue weighted by Crippen LogP contribution is -2.20. The second kappa shape index (κ2) is 6.98. The lowest BCUT2D eigenvalue weighted by molar-refractivity contribution is 0.0615. The summed E-state index contributed by atoms with van der Waals surface area (Å²) in [5.74, 6) is 1.62. The monoisotopic (exact) mass is 288 g/mol. The molecule has 21 heavy (non-hydrogen) atoms. The second-order valence-electron chi connectivity index (χ2n) is 5.90. The molecule has 0 saturated carbocycles. The Morgan fingerprint density at radius 2 is 2.10 bits per heavy atom. The molecule has 3 rings (SSSR count). The molecule has 114 valence electrons. The van der Waals surface area contributed by atoms with E-state index in [1.54, 1.807) is 0 Å². The van der Waals surface area contributed by atoms with Gasteiger partial charge in [-0.05, 0) is 25.2 Å². The first-order valence-electron chi connectivity index (χ1n) is 8.11. The predicted molar refractivity (Wildman–Crippen MR) is 82.1 cm³/mol. The van der Waals surface area contributed by atoms with Crippen molar-refractivity contribution >= 4 is 11.2 Å². The van der Waals surface area contributed by atoms with Crippen LogP contribution in [0.15, 0.2) is 12.5 Å². The SMILES string of the molecule is CCCCCc1ncc2ncn(CC3CCOCC3)c2n1. The number of rotatable bonds is 6. The third-order valence-electron chi connectivity index (χ3n) is 4.21. The summed E-state index contributed by atoms with van der Waals surface area (Å²) < 4.78 is 7.62. The van der Waals surface area contributed by atoms with E-state index in [0.29, 0.717) is 5.92 Å². The topological polar surface area (TPSA) is 52.8 Å². The quantitative estimate of drug-likeness (QED) is 0.767. The van der Waals surface area contributed by atoms with Crippen LogP contribution in [0, 0.1) is 5.92 Å². The van der Waals surface area contributed by atoms with Crippen molar-refractivity contribution in [3.63, 3.8) is 0 Å². The Morgan fingerprint density at radius 1 is 1.24 bits per heavy atom.